The predicted octanol–water partition coefficient (Wildman–Crippen LogP) is 3.17. The summed E-state index contributed by atoms with van der Waals surface area (Å²) in [6, 6.07) is 15.5. The Morgan fingerprint density at radius 3 is 2.60 bits per heavy atom. The zero-order valence-electron chi connectivity index (χ0n) is 17.2. The molecule has 2 aromatic carbocycles. The van der Waals surface area contributed by atoms with Crippen LogP contribution in [-0.2, 0) is 6.54 Å². The van der Waals surface area contributed by atoms with Crippen molar-refractivity contribution in [3.05, 3.63) is 58.9 Å². The Morgan fingerprint density at radius 1 is 0.967 bits per heavy atom. The van der Waals surface area contributed by atoms with Gasteiger partial charge in [0.05, 0.1) is 24.9 Å². The first kappa shape index (κ1) is 22.1. The summed E-state index contributed by atoms with van der Waals surface area (Å²) in [6.45, 7) is 4.68. The summed E-state index contributed by atoms with van der Waals surface area (Å²) >= 11 is 0. The van der Waals surface area contributed by atoms with Gasteiger partial charge in [0.15, 0.2) is 0 Å². The van der Waals surface area contributed by atoms with Crippen molar-refractivity contribution in [1.29, 1.82) is 0 Å². The molecule has 4 rings (SSSR count). The van der Waals surface area contributed by atoms with E-state index in [0.717, 1.165) is 57.0 Å². The molecule has 0 N–H and O–H groups in total. The number of anilines is 1. The number of methoxy groups -OCH3 is 1. The minimum absolute atomic E-state index is 0. The zero-order chi connectivity index (χ0) is 20.1. The van der Waals surface area contributed by atoms with Crippen molar-refractivity contribution < 1.29 is 4.74 Å². The second-order valence-corrected chi connectivity index (χ2v) is 7.39. The lowest BCUT2D eigenvalue weighted by Gasteiger charge is -2.21. The summed E-state index contributed by atoms with van der Waals surface area (Å²) in [5.41, 5.74) is 1.76. The van der Waals surface area contributed by atoms with E-state index in [1.165, 1.54) is 4.68 Å². The molecule has 3 aromatic rings. The molecule has 0 bridgehead atoms. The molecule has 0 saturated carbocycles. The molecule has 0 atom stereocenters. The van der Waals surface area contributed by atoms with Crippen LogP contribution in [0.5, 0.6) is 5.75 Å². The Bertz CT molecular complexity index is 1030. The van der Waals surface area contributed by atoms with Gasteiger partial charge in [-0.2, -0.15) is 0 Å². The van der Waals surface area contributed by atoms with Crippen molar-refractivity contribution in [2.75, 3.05) is 38.3 Å². The maximum absolute atomic E-state index is 12.5. The molecule has 30 heavy (non-hydrogen) atoms. The van der Waals surface area contributed by atoms with Gasteiger partial charge in [0.2, 0.25) is 0 Å². The van der Waals surface area contributed by atoms with Gasteiger partial charge in [0.25, 0.3) is 5.56 Å². The van der Waals surface area contributed by atoms with Crippen molar-refractivity contribution in [2.24, 2.45) is 0 Å². The number of halogens is 1. The molecule has 1 aliphatic rings. The van der Waals surface area contributed by atoms with Crippen LogP contribution in [0, 0.1) is 0 Å². The largest absolute Gasteiger partial charge is 0.495 e. The number of para-hydroxylation sites is 2. The Hall–Kier alpha value is -2.64. The van der Waals surface area contributed by atoms with Crippen LogP contribution in [0.1, 0.15) is 19.3 Å². The van der Waals surface area contributed by atoms with E-state index in [1.807, 2.05) is 36.4 Å². The highest BCUT2D eigenvalue weighted by molar-refractivity contribution is 5.85. The third-order valence-electron chi connectivity index (χ3n) is 5.46. The fourth-order valence-corrected chi connectivity index (χ4v) is 3.86. The number of unbranched alkanes of at least 4 members (excludes halogenated alkanes) is 2. The summed E-state index contributed by atoms with van der Waals surface area (Å²) in [5.74, 6) is 0.927. The molecule has 0 unspecified atom stereocenters. The van der Waals surface area contributed by atoms with Gasteiger partial charge in [0, 0.05) is 19.6 Å². The van der Waals surface area contributed by atoms with Crippen LogP contribution in [0.4, 0.5) is 5.69 Å². The fraction of sp³-hybridized carbons (Fsp3) is 0.409. The topological polar surface area (TPSA) is 63.5 Å². The second kappa shape index (κ2) is 10.4. The smallest absolute Gasteiger partial charge is 0.277 e. The van der Waals surface area contributed by atoms with E-state index in [9.17, 15) is 4.79 Å². The van der Waals surface area contributed by atoms with Crippen LogP contribution < -0.4 is 15.2 Å². The first-order chi connectivity index (χ1) is 14.3. The minimum atomic E-state index is -0.0532. The van der Waals surface area contributed by atoms with Crippen molar-refractivity contribution >= 4 is 29.0 Å². The molecule has 0 amide bonds. The number of hydrogen-bond donors (Lipinski definition) is 0. The van der Waals surface area contributed by atoms with Crippen molar-refractivity contribution in [3.8, 4) is 5.75 Å². The normalized spacial score (nSPS) is 14.1. The van der Waals surface area contributed by atoms with Gasteiger partial charge in [-0.15, -0.1) is 17.5 Å². The number of aromatic nitrogens is 3. The Labute approximate surface area is 182 Å². The molecule has 0 spiro atoms. The van der Waals surface area contributed by atoms with E-state index < -0.39 is 0 Å². The Balaban J connectivity index is 0.00000256. The van der Waals surface area contributed by atoms with E-state index in [1.54, 1.807) is 7.11 Å². The lowest BCUT2D eigenvalue weighted by Crippen LogP contribution is -2.26. The molecule has 7 nitrogen and oxygen atoms in total. The van der Waals surface area contributed by atoms with E-state index in [0.29, 0.717) is 17.4 Å². The fourth-order valence-electron chi connectivity index (χ4n) is 3.86. The monoisotopic (exact) mass is 429 g/mol. The molecular formula is C22H28ClN5O2. The summed E-state index contributed by atoms with van der Waals surface area (Å²) in [4.78, 5) is 17.3. The molecule has 0 radical (unpaired) electrons. The quantitative estimate of drug-likeness (QED) is 0.512. The summed E-state index contributed by atoms with van der Waals surface area (Å²) in [6.07, 6.45) is 3.10. The number of hydrogen-bond acceptors (Lipinski definition) is 6. The average Bonchev–Trinajstić information content (AvgIpc) is 3.24. The van der Waals surface area contributed by atoms with E-state index in [4.69, 9.17) is 4.74 Å². The number of fused-ring (bicyclic) bond motifs is 1. The molecular weight excluding hydrogens is 402 g/mol. The Morgan fingerprint density at radius 2 is 1.73 bits per heavy atom. The number of aryl methyl sites for hydroxylation is 1. The van der Waals surface area contributed by atoms with Crippen LogP contribution in [0.15, 0.2) is 53.3 Å². The standard InChI is InChI=1S/C22H27N5O2.ClH/c1-29-21-12-6-5-11-20(21)26-16-15-25(17-26)13-7-2-8-14-27-22(28)18-9-3-4-10-19(18)23-24-27;/h3-6,9-12H,2,7-8,13-17H2,1H3;1H. The number of ether oxygens (including phenoxy) is 1. The molecule has 1 aromatic heterocycles. The Kier molecular flexibility index (Phi) is 7.65. The van der Waals surface area contributed by atoms with Crippen LogP contribution in [-0.4, -0.2) is 53.3 Å². The molecule has 1 aliphatic heterocycles. The first-order valence-electron chi connectivity index (χ1n) is 10.2. The molecule has 8 heteroatoms. The lowest BCUT2D eigenvalue weighted by atomic mass is 10.2. The average molecular weight is 430 g/mol. The van der Waals surface area contributed by atoms with Gasteiger partial charge in [-0.1, -0.05) is 35.9 Å². The van der Waals surface area contributed by atoms with Gasteiger partial charge >= 0.3 is 0 Å². The van der Waals surface area contributed by atoms with E-state index in [-0.39, 0.29) is 18.0 Å². The highest BCUT2D eigenvalue weighted by Crippen LogP contribution is 2.29. The van der Waals surface area contributed by atoms with E-state index in [2.05, 4.69) is 32.2 Å². The molecule has 160 valence electrons. The van der Waals surface area contributed by atoms with Gasteiger partial charge in [-0.05, 0) is 43.7 Å². The van der Waals surface area contributed by atoms with Crippen LogP contribution in [0.2, 0.25) is 0 Å². The van der Waals surface area contributed by atoms with Crippen molar-refractivity contribution in [2.45, 2.75) is 25.8 Å². The second-order valence-electron chi connectivity index (χ2n) is 7.39. The summed E-state index contributed by atoms with van der Waals surface area (Å²) < 4.78 is 6.97. The maximum atomic E-state index is 12.5. The van der Waals surface area contributed by atoms with Crippen LogP contribution >= 0.6 is 12.4 Å². The van der Waals surface area contributed by atoms with Crippen molar-refractivity contribution in [3.63, 3.8) is 0 Å². The predicted molar refractivity (Wildman–Crippen MR) is 122 cm³/mol. The summed E-state index contributed by atoms with van der Waals surface area (Å²) in [5, 5.41) is 8.85. The summed E-state index contributed by atoms with van der Waals surface area (Å²) in [7, 11) is 1.72. The lowest BCUT2D eigenvalue weighted by molar-refractivity contribution is 0.327. The third kappa shape index (κ3) is 4.91. The van der Waals surface area contributed by atoms with E-state index >= 15 is 0 Å². The number of rotatable bonds is 8. The zero-order valence-corrected chi connectivity index (χ0v) is 18.1. The van der Waals surface area contributed by atoms with Crippen LogP contribution in [0.25, 0.3) is 10.9 Å². The van der Waals surface area contributed by atoms with Gasteiger partial charge in [0.1, 0.15) is 11.3 Å². The van der Waals surface area contributed by atoms with Crippen LogP contribution in [0.3, 0.4) is 0 Å². The number of benzene rings is 2. The van der Waals surface area contributed by atoms with Gasteiger partial charge in [-0.25, -0.2) is 4.68 Å². The van der Waals surface area contributed by atoms with Crippen molar-refractivity contribution in [1.82, 2.24) is 19.9 Å². The van der Waals surface area contributed by atoms with Gasteiger partial charge in [-0.3, -0.25) is 9.69 Å². The molecule has 0 aliphatic carbocycles. The highest BCUT2D eigenvalue weighted by Gasteiger charge is 2.21. The first-order valence-corrected chi connectivity index (χ1v) is 10.2. The van der Waals surface area contributed by atoms with Gasteiger partial charge < -0.3 is 9.64 Å². The maximum Gasteiger partial charge on any atom is 0.277 e. The minimum Gasteiger partial charge on any atom is -0.495 e. The molecule has 1 saturated heterocycles. The number of nitrogens with zero attached hydrogens (tertiary/aromatic N) is 5. The SMILES string of the molecule is COc1ccccc1N1CCN(CCCCCn2nnc3ccccc3c2=O)C1.Cl. The molecule has 2 heterocycles. The molecule has 1 fully saturated rings. The highest BCUT2D eigenvalue weighted by atomic mass is 35.5. The third-order valence-corrected chi connectivity index (χ3v) is 5.46.